The minimum absolute atomic E-state index is 0.161. The van der Waals surface area contributed by atoms with Crippen LogP contribution in [-0.4, -0.2) is 50.4 Å². The topological polar surface area (TPSA) is 190 Å². The van der Waals surface area contributed by atoms with E-state index in [2.05, 4.69) is 26.3 Å². The average molecular weight is 546 g/mol. The molecule has 0 bridgehead atoms. The fraction of sp³-hybridized carbons (Fsp3) is 0.208. The van der Waals surface area contributed by atoms with Gasteiger partial charge in [0, 0.05) is 23.9 Å². The van der Waals surface area contributed by atoms with Crippen LogP contribution in [0.2, 0.25) is 0 Å². The van der Waals surface area contributed by atoms with E-state index in [1.54, 1.807) is 6.26 Å². The Kier molecular flexibility index (Phi) is 11.5. The van der Waals surface area contributed by atoms with Gasteiger partial charge in [-0.2, -0.15) is 4.99 Å². The van der Waals surface area contributed by atoms with Gasteiger partial charge in [-0.15, -0.1) is 11.3 Å². The third kappa shape index (κ3) is 11.1. The van der Waals surface area contributed by atoms with Crippen molar-refractivity contribution >= 4 is 57.8 Å². The molecule has 13 heteroatoms. The maximum absolute atomic E-state index is 11.6. The number of aliphatic imine (C=N–C) groups is 1. The van der Waals surface area contributed by atoms with Gasteiger partial charge in [0.1, 0.15) is 6.26 Å². The molecule has 6 N–H and O–H groups in total. The highest BCUT2D eigenvalue weighted by Crippen LogP contribution is 2.27. The Hall–Kier alpha value is -3.94. The number of primary amides is 1. The lowest BCUT2D eigenvalue weighted by Crippen LogP contribution is -2.05. The molecule has 0 saturated heterocycles. The quantitative estimate of drug-likeness (QED) is 0.152. The number of carbonyl (C=O) groups excluding carboxylic acids is 1. The Bertz CT molecular complexity index is 1220. The summed E-state index contributed by atoms with van der Waals surface area (Å²) in [5, 5.41) is 21.9. The van der Waals surface area contributed by atoms with E-state index in [1.165, 1.54) is 18.3 Å². The van der Waals surface area contributed by atoms with E-state index >= 15 is 0 Å². The summed E-state index contributed by atoms with van der Waals surface area (Å²) in [4.78, 5) is 40.4. The molecule has 196 valence electrons. The van der Waals surface area contributed by atoms with Crippen LogP contribution in [0, 0.1) is 0 Å². The second-order valence-electron chi connectivity index (χ2n) is 7.57. The minimum atomic E-state index is -1.33. The van der Waals surface area contributed by atoms with Crippen molar-refractivity contribution in [1.29, 1.82) is 0 Å². The van der Waals surface area contributed by atoms with E-state index in [-0.39, 0.29) is 5.91 Å². The summed E-state index contributed by atoms with van der Waals surface area (Å²) in [6, 6.07) is 15.3. The van der Waals surface area contributed by atoms with Crippen molar-refractivity contribution in [1.82, 2.24) is 4.98 Å². The van der Waals surface area contributed by atoms with Crippen molar-refractivity contribution in [2.24, 2.45) is 10.7 Å². The van der Waals surface area contributed by atoms with Crippen LogP contribution in [0.1, 0.15) is 28.6 Å². The molecule has 1 heterocycles. The number of aryl methyl sites for hydroxylation is 2. The number of carboxylic acid groups (broad SMARTS) is 2. The van der Waals surface area contributed by atoms with Gasteiger partial charge >= 0.3 is 12.2 Å². The van der Waals surface area contributed by atoms with Gasteiger partial charge in [-0.1, -0.05) is 24.3 Å². The van der Waals surface area contributed by atoms with Crippen LogP contribution in [0.5, 0.6) is 0 Å². The third-order valence-electron chi connectivity index (χ3n) is 4.69. The average Bonchev–Trinajstić information content (AvgIpc) is 3.18. The normalized spacial score (nSPS) is 11.3. The molecule has 2 aromatic carbocycles. The van der Waals surface area contributed by atoms with Crippen LogP contribution < -0.4 is 16.4 Å². The predicted octanol–water partition coefficient (Wildman–Crippen LogP) is 3.96. The number of thiazole rings is 1. The Labute approximate surface area is 220 Å². The highest BCUT2D eigenvalue weighted by atomic mass is 32.2. The van der Waals surface area contributed by atoms with Crippen LogP contribution >= 0.6 is 11.3 Å². The highest BCUT2D eigenvalue weighted by Gasteiger charge is 2.14. The van der Waals surface area contributed by atoms with E-state index in [4.69, 9.17) is 15.0 Å². The van der Waals surface area contributed by atoms with Gasteiger partial charge in [0.05, 0.1) is 12.0 Å². The monoisotopic (exact) mass is 545 g/mol. The number of aromatic nitrogens is 1. The number of nitrogens with two attached hydrogens (primary N) is 1. The number of carbonyl (C=O) groups is 3. The summed E-state index contributed by atoms with van der Waals surface area (Å²) in [7, 11) is 0. The first kappa shape index (κ1) is 29.3. The number of amides is 3. The van der Waals surface area contributed by atoms with Gasteiger partial charge < -0.3 is 31.1 Å². The molecule has 0 aliphatic heterocycles. The molecule has 37 heavy (non-hydrogen) atoms. The van der Waals surface area contributed by atoms with Gasteiger partial charge in [-0.05, 0) is 59.4 Å². The second kappa shape index (κ2) is 14.6. The molecule has 0 aliphatic rings. The van der Waals surface area contributed by atoms with Gasteiger partial charge in [0.25, 0.3) is 0 Å². The number of rotatable bonds is 9. The maximum Gasteiger partial charge on any atom is 0.432 e. The molecular formula is C24H27N5O6S2. The first-order chi connectivity index (χ1) is 17.5. The fourth-order valence-corrected chi connectivity index (χ4v) is 4.71. The Balaban J connectivity index is 0.00000112. The number of benzene rings is 2. The third-order valence-corrected chi connectivity index (χ3v) is 6.64. The van der Waals surface area contributed by atoms with Crippen molar-refractivity contribution in [2.75, 3.05) is 16.9 Å². The SMILES string of the molecule is CC(=O)Nc1nc(CCc2ccc(NC=NC(=O)O)cc2)c(Cc2ccc([S+](C)[O-])cc2)s1.NC(=O)O. The zero-order valence-corrected chi connectivity index (χ0v) is 21.8. The second-order valence-corrected chi connectivity index (χ2v) is 10.0. The molecule has 0 radical (unpaired) electrons. The first-order valence-electron chi connectivity index (χ1n) is 10.8. The molecule has 1 aromatic heterocycles. The lowest BCUT2D eigenvalue weighted by molar-refractivity contribution is -0.114. The van der Waals surface area contributed by atoms with Gasteiger partial charge in [-0.3, -0.25) is 4.79 Å². The summed E-state index contributed by atoms with van der Waals surface area (Å²) in [6.45, 7) is 1.46. The molecular weight excluding hydrogens is 518 g/mol. The number of hydrogen-bond acceptors (Lipinski definition) is 6. The number of anilines is 2. The highest BCUT2D eigenvalue weighted by molar-refractivity contribution is 7.90. The van der Waals surface area contributed by atoms with Crippen LogP contribution in [0.4, 0.5) is 20.4 Å². The van der Waals surface area contributed by atoms with Gasteiger partial charge in [-0.25, -0.2) is 14.6 Å². The van der Waals surface area contributed by atoms with Gasteiger partial charge in [0.15, 0.2) is 10.0 Å². The van der Waals surface area contributed by atoms with Crippen molar-refractivity contribution < 1.29 is 29.1 Å². The Morgan fingerprint density at radius 1 is 1.08 bits per heavy atom. The summed E-state index contributed by atoms with van der Waals surface area (Å²) in [6.07, 6.45) is 2.33. The van der Waals surface area contributed by atoms with E-state index in [1.807, 2.05) is 48.5 Å². The van der Waals surface area contributed by atoms with Crippen molar-refractivity contribution in [3.05, 3.63) is 70.2 Å². The minimum Gasteiger partial charge on any atom is -0.612 e. The van der Waals surface area contributed by atoms with Crippen LogP contribution in [-0.2, 0) is 35.2 Å². The molecule has 3 rings (SSSR count). The molecule has 3 amide bonds. The summed E-state index contributed by atoms with van der Waals surface area (Å²) < 4.78 is 11.6. The molecule has 3 aromatic rings. The van der Waals surface area contributed by atoms with Crippen molar-refractivity contribution in [3.63, 3.8) is 0 Å². The zero-order valence-electron chi connectivity index (χ0n) is 20.1. The largest absolute Gasteiger partial charge is 0.612 e. The zero-order chi connectivity index (χ0) is 27.4. The predicted molar refractivity (Wildman–Crippen MR) is 144 cm³/mol. The Morgan fingerprint density at radius 2 is 1.68 bits per heavy atom. The molecule has 11 nitrogen and oxygen atoms in total. The van der Waals surface area contributed by atoms with Crippen molar-refractivity contribution in [3.8, 4) is 0 Å². The van der Waals surface area contributed by atoms with Crippen LogP contribution in [0.15, 0.2) is 58.4 Å². The molecule has 0 fully saturated rings. The molecule has 0 spiro atoms. The summed E-state index contributed by atoms with van der Waals surface area (Å²) in [5.74, 6) is -0.161. The van der Waals surface area contributed by atoms with E-state index in [0.29, 0.717) is 18.0 Å². The Morgan fingerprint density at radius 3 is 2.22 bits per heavy atom. The number of hydrogen-bond donors (Lipinski definition) is 5. The lowest BCUT2D eigenvalue weighted by atomic mass is 10.0. The fourth-order valence-electron chi connectivity index (χ4n) is 3.10. The van der Waals surface area contributed by atoms with Gasteiger partial charge in [0.2, 0.25) is 5.91 Å². The summed E-state index contributed by atoms with van der Waals surface area (Å²) >= 11 is 0.451. The first-order valence-corrected chi connectivity index (χ1v) is 13.2. The number of nitrogens with one attached hydrogen (secondary N) is 2. The van der Waals surface area contributed by atoms with E-state index in [9.17, 15) is 14.1 Å². The molecule has 0 aliphatic carbocycles. The van der Waals surface area contributed by atoms with Crippen LogP contribution in [0.3, 0.4) is 0 Å². The summed E-state index contributed by atoms with van der Waals surface area (Å²) in [5.41, 5.74) is 7.89. The molecule has 0 saturated carbocycles. The van der Waals surface area contributed by atoms with E-state index in [0.717, 1.165) is 45.0 Å². The van der Waals surface area contributed by atoms with Crippen LogP contribution in [0.25, 0.3) is 0 Å². The van der Waals surface area contributed by atoms with Crippen molar-refractivity contribution in [2.45, 2.75) is 31.1 Å². The molecule has 1 unspecified atom stereocenters. The van der Waals surface area contributed by atoms with E-state index < -0.39 is 23.4 Å². The lowest BCUT2D eigenvalue weighted by Gasteiger charge is -2.07. The maximum atomic E-state index is 11.6. The standard InChI is InChI=1S/C23H24N4O4S2.CH3NO2/c1-15(28)26-22-27-20(21(32-22)13-17-5-10-19(11-6-17)33(2)31)12-7-16-3-8-18(9-4-16)24-14-25-23(29)30;2-1(3)4/h3-6,8-11,14H,7,12-13H2,1-2H3,(H,24,25)(H,29,30)(H,26,27,28);2H2,(H,3,4). The molecule has 1 atom stereocenters. The number of nitrogens with zero attached hydrogens (tertiary/aromatic N) is 2. The smallest absolute Gasteiger partial charge is 0.432 e.